The van der Waals surface area contributed by atoms with Gasteiger partial charge in [0, 0.05) is 17.0 Å². The van der Waals surface area contributed by atoms with Crippen molar-refractivity contribution < 1.29 is 0 Å². The first kappa shape index (κ1) is 25.3. The highest BCUT2D eigenvalue weighted by Crippen LogP contribution is 2.36. The lowest BCUT2D eigenvalue weighted by Gasteiger charge is -2.18. The fourth-order valence-electron chi connectivity index (χ4n) is 5.46. The third-order valence-corrected chi connectivity index (χ3v) is 7.67. The molecule has 0 spiro atoms. The summed E-state index contributed by atoms with van der Waals surface area (Å²) >= 11 is 0. The van der Waals surface area contributed by atoms with Gasteiger partial charge < -0.3 is 0 Å². The summed E-state index contributed by atoms with van der Waals surface area (Å²) in [5, 5.41) is 11.6. The first-order valence-electron chi connectivity index (χ1n) is 14.0. The Balaban J connectivity index is 1.25. The number of nitrogens with zero attached hydrogens (tertiary/aromatic N) is 4. The van der Waals surface area contributed by atoms with Crippen molar-refractivity contribution in [1.29, 1.82) is 5.26 Å². The van der Waals surface area contributed by atoms with E-state index in [4.69, 9.17) is 15.0 Å². The van der Waals surface area contributed by atoms with Crippen molar-refractivity contribution in [3.63, 3.8) is 0 Å². The van der Waals surface area contributed by atoms with Crippen LogP contribution in [0, 0.1) is 11.3 Å². The fourth-order valence-corrected chi connectivity index (χ4v) is 5.46. The molecule has 1 atom stereocenters. The number of rotatable bonds is 5. The Labute approximate surface area is 245 Å². The van der Waals surface area contributed by atoms with Crippen LogP contribution in [-0.2, 0) is 0 Å². The third-order valence-electron chi connectivity index (χ3n) is 7.67. The summed E-state index contributed by atoms with van der Waals surface area (Å²) in [4.78, 5) is 14.7. The van der Waals surface area contributed by atoms with E-state index in [0.29, 0.717) is 17.2 Å². The molecule has 1 aliphatic carbocycles. The van der Waals surface area contributed by atoms with Crippen molar-refractivity contribution >= 4 is 16.3 Å². The second-order valence-corrected chi connectivity index (χ2v) is 10.4. The smallest absolute Gasteiger partial charge is 0.163 e. The first-order valence-corrected chi connectivity index (χ1v) is 14.0. The number of fused-ring (bicyclic) bond motifs is 1. The van der Waals surface area contributed by atoms with Gasteiger partial charge in [0.2, 0.25) is 0 Å². The number of nitriles is 1. The molecule has 0 radical (unpaired) electrons. The van der Waals surface area contributed by atoms with Crippen molar-refractivity contribution in [2.75, 3.05) is 0 Å². The Bertz CT molecular complexity index is 1940. The minimum absolute atomic E-state index is 0.0418. The molecule has 7 rings (SSSR count). The number of hydrogen-bond acceptors (Lipinski definition) is 4. The van der Waals surface area contributed by atoms with Crippen LogP contribution in [0.1, 0.15) is 29.3 Å². The van der Waals surface area contributed by atoms with E-state index in [1.54, 1.807) is 0 Å². The van der Waals surface area contributed by atoms with Crippen molar-refractivity contribution in [2.24, 2.45) is 0 Å². The molecule has 6 aromatic rings. The predicted octanol–water partition coefficient (Wildman–Crippen LogP) is 9.02. The zero-order chi connectivity index (χ0) is 28.3. The van der Waals surface area contributed by atoms with Crippen LogP contribution >= 0.6 is 0 Å². The standard InChI is InChI=1S/C38H26N4/c39-25-26-15-17-28(18-16-26)35-24-33(23-32-13-7-8-14-34(32)35)27-19-21-31(22-20-27)38-41-36(29-9-3-1-4-10-29)40-37(42-38)30-11-5-2-6-12-30/h1-21,23-24,31H,22H2. The quantitative estimate of drug-likeness (QED) is 0.220. The van der Waals surface area contributed by atoms with Crippen LogP contribution in [0.3, 0.4) is 0 Å². The van der Waals surface area contributed by atoms with Gasteiger partial charge in [0.25, 0.3) is 0 Å². The molecule has 1 unspecified atom stereocenters. The average molecular weight is 539 g/mol. The summed E-state index contributed by atoms with van der Waals surface area (Å²) < 4.78 is 0. The molecule has 5 aromatic carbocycles. The SMILES string of the molecule is N#Cc1ccc(-c2cc(C3=CCC(c4nc(-c5ccccc5)nc(-c5ccccc5)n4)C=C3)cc3ccccc23)cc1. The molecular formula is C38H26N4. The van der Waals surface area contributed by atoms with Crippen LogP contribution in [0.25, 0.3) is 50.2 Å². The molecule has 0 fully saturated rings. The van der Waals surface area contributed by atoms with Gasteiger partial charge in [0.05, 0.1) is 11.6 Å². The highest BCUT2D eigenvalue weighted by Gasteiger charge is 2.19. The predicted molar refractivity (Wildman–Crippen MR) is 169 cm³/mol. The lowest BCUT2D eigenvalue weighted by molar-refractivity contribution is 0.766. The average Bonchev–Trinajstić information content (AvgIpc) is 3.08. The molecule has 0 aliphatic heterocycles. The minimum Gasteiger partial charge on any atom is -0.212 e. The van der Waals surface area contributed by atoms with E-state index in [1.807, 2.05) is 84.9 Å². The van der Waals surface area contributed by atoms with E-state index in [1.165, 1.54) is 16.3 Å². The molecule has 198 valence electrons. The Morgan fingerprint density at radius 1 is 0.619 bits per heavy atom. The molecule has 1 aliphatic rings. The lowest BCUT2D eigenvalue weighted by atomic mass is 9.88. The molecule has 0 saturated carbocycles. The van der Waals surface area contributed by atoms with Gasteiger partial charge in [0.15, 0.2) is 11.6 Å². The molecular weight excluding hydrogens is 512 g/mol. The molecule has 0 saturated heterocycles. The summed E-state index contributed by atoms with van der Waals surface area (Å²) in [6.45, 7) is 0. The summed E-state index contributed by atoms with van der Waals surface area (Å²) in [5.74, 6) is 2.18. The molecule has 1 aromatic heterocycles. The summed E-state index contributed by atoms with van der Waals surface area (Å²) in [5.41, 5.74) is 7.19. The van der Waals surface area contributed by atoms with E-state index < -0.39 is 0 Å². The van der Waals surface area contributed by atoms with Gasteiger partial charge in [-0.05, 0) is 63.7 Å². The van der Waals surface area contributed by atoms with Crippen LogP contribution in [0.5, 0.6) is 0 Å². The van der Waals surface area contributed by atoms with Crippen LogP contribution in [0.15, 0.2) is 140 Å². The van der Waals surface area contributed by atoms with Gasteiger partial charge in [-0.1, -0.05) is 115 Å². The molecule has 0 bridgehead atoms. The highest BCUT2D eigenvalue weighted by molar-refractivity contribution is 6.00. The Kier molecular flexibility index (Phi) is 6.68. The van der Waals surface area contributed by atoms with Crippen LogP contribution in [0.4, 0.5) is 0 Å². The molecule has 1 heterocycles. The number of aromatic nitrogens is 3. The zero-order valence-corrected chi connectivity index (χ0v) is 22.9. The Morgan fingerprint density at radius 3 is 1.88 bits per heavy atom. The van der Waals surface area contributed by atoms with E-state index in [-0.39, 0.29) is 5.92 Å². The number of allylic oxidation sites excluding steroid dienone is 4. The van der Waals surface area contributed by atoms with Gasteiger partial charge in [-0.25, -0.2) is 15.0 Å². The third kappa shape index (κ3) is 5.00. The summed E-state index contributed by atoms with van der Waals surface area (Å²) in [6.07, 6.45) is 7.47. The van der Waals surface area contributed by atoms with Crippen molar-refractivity contribution in [3.8, 4) is 40.0 Å². The lowest BCUT2D eigenvalue weighted by Crippen LogP contribution is -2.08. The number of hydrogen-bond donors (Lipinski definition) is 0. The fraction of sp³-hybridized carbons (Fsp3) is 0.0526. The van der Waals surface area contributed by atoms with E-state index in [2.05, 4.69) is 60.7 Å². The first-order chi connectivity index (χ1) is 20.7. The largest absolute Gasteiger partial charge is 0.212 e. The summed E-state index contributed by atoms with van der Waals surface area (Å²) in [6, 6.07) is 43.2. The van der Waals surface area contributed by atoms with Crippen molar-refractivity contribution in [1.82, 2.24) is 15.0 Å². The van der Waals surface area contributed by atoms with Crippen LogP contribution in [0.2, 0.25) is 0 Å². The van der Waals surface area contributed by atoms with Gasteiger partial charge in [0.1, 0.15) is 5.82 Å². The maximum atomic E-state index is 9.26. The van der Waals surface area contributed by atoms with Gasteiger partial charge in [-0.3, -0.25) is 0 Å². The normalized spacial score (nSPS) is 14.4. The molecule has 0 N–H and O–H groups in total. The second-order valence-electron chi connectivity index (χ2n) is 10.4. The molecule has 4 heteroatoms. The summed E-state index contributed by atoms with van der Waals surface area (Å²) in [7, 11) is 0. The van der Waals surface area contributed by atoms with Crippen molar-refractivity contribution in [2.45, 2.75) is 12.3 Å². The van der Waals surface area contributed by atoms with Gasteiger partial charge >= 0.3 is 0 Å². The van der Waals surface area contributed by atoms with Crippen LogP contribution in [-0.4, -0.2) is 15.0 Å². The minimum atomic E-state index is 0.0418. The molecule has 4 nitrogen and oxygen atoms in total. The Morgan fingerprint density at radius 2 is 1.26 bits per heavy atom. The van der Waals surface area contributed by atoms with Gasteiger partial charge in [-0.15, -0.1) is 0 Å². The molecule has 0 amide bonds. The maximum Gasteiger partial charge on any atom is 0.163 e. The van der Waals surface area contributed by atoms with E-state index in [9.17, 15) is 5.26 Å². The van der Waals surface area contributed by atoms with Crippen molar-refractivity contribution in [3.05, 3.63) is 157 Å². The van der Waals surface area contributed by atoms with E-state index >= 15 is 0 Å². The zero-order valence-electron chi connectivity index (χ0n) is 22.9. The van der Waals surface area contributed by atoms with Gasteiger partial charge in [-0.2, -0.15) is 5.26 Å². The molecule has 42 heavy (non-hydrogen) atoms. The number of benzene rings is 5. The second kappa shape index (κ2) is 11.1. The highest BCUT2D eigenvalue weighted by atomic mass is 15.0. The topological polar surface area (TPSA) is 62.5 Å². The monoisotopic (exact) mass is 538 g/mol. The van der Waals surface area contributed by atoms with Crippen LogP contribution < -0.4 is 0 Å². The Hall–Kier alpha value is -5.66. The van der Waals surface area contributed by atoms with E-state index in [0.717, 1.165) is 40.1 Å². The maximum absolute atomic E-state index is 9.26.